The Hall–Kier alpha value is -0.970. The normalized spacial score (nSPS) is 18.7. The Labute approximate surface area is 109 Å². The number of rotatable bonds is 6. The Morgan fingerprint density at radius 1 is 1.28 bits per heavy atom. The molecule has 100 valence electrons. The van der Waals surface area contributed by atoms with Crippen molar-refractivity contribution in [2.75, 3.05) is 32.8 Å². The zero-order valence-corrected chi connectivity index (χ0v) is 10.9. The van der Waals surface area contributed by atoms with Gasteiger partial charge in [0.2, 0.25) is 0 Å². The van der Waals surface area contributed by atoms with Gasteiger partial charge in [0.1, 0.15) is 0 Å². The molecule has 1 aliphatic heterocycles. The minimum absolute atomic E-state index is 0.288. The van der Waals surface area contributed by atoms with Gasteiger partial charge in [-0.25, -0.2) is 0 Å². The summed E-state index contributed by atoms with van der Waals surface area (Å²) in [5.41, 5.74) is 1.16. The number of aliphatic hydroxyl groups excluding tert-OH is 1. The van der Waals surface area contributed by atoms with Crippen molar-refractivity contribution < 1.29 is 5.11 Å². The topological polar surface area (TPSA) is 48.4 Å². The number of piperazine rings is 1. The summed E-state index contributed by atoms with van der Waals surface area (Å²) >= 11 is 0. The monoisotopic (exact) mass is 249 g/mol. The number of hydrogen-bond acceptors (Lipinski definition) is 4. The smallest absolute Gasteiger partial charge is 0.0575 e. The zero-order chi connectivity index (χ0) is 12.6. The van der Waals surface area contributed by atoms with Crippen LogP contribution in [0.1, 0.15) is 31.0 Å². The molecule has 18 heavy (non-hydrogen) atoms. The molecule has 0 saturated carbocycles. The molecule has 0 radical (unpaired) electrons. The van der Waals surface area contributed by atoms with Crippen molar-refractivity contribution in [3.05, 3.63) is 30.1 Å². The quantitative estimate of drug-likeness (QED) is 0.744. The van der Waals surface area contributed by atoms with E-state index in [-0.39, 0.29) is 6.61 Å². The summed E-state index contributed by atoms with van der Waals surface area (Å²) < 4.78 is 0. The summed E-state index contributed by atoms with van der Waals surface area (Å²) in [6.07, 6.45) is 4.89. The molecule has 0 amide bonds. The Balaban J connectivity index is 2.01. The maximum absolute atomic E-state index is 8.92. The van der Waals surface area contributed by atoms with Gasteiger partial charge in [0.15, 0.2) is 0 Å². The van der Waals surface area contributed by atoms with Crippen LogP contribution in [-0.4, -0.2) is 47.8 Å². The molecule has 1 aliphatic rings. The molecule has 1 unspecified atom stereocenters. The van der Waals surface area contributed by atoms with Crippen LogP contribution in [0.15, 0.2) is 24.4 Å². The Kier molecular flexibility index (Phi) is 5.58. The van der Waals surface area contributed by atoms with Gasteiger partial charge >= 0.3 is 0 Å². The molecule has 1 aromatic rings. The van der Waals surface area contributed by atoms with Crippen molar-refractivity contribution in [1.82, 2.24) is 15.2 Å². The summed E-state index contributed by atoms with van der Waals surface area (Å²) in [6, 6.07) is 6.54. The first-order valence-corrected chi connectivity index (χ1v) is 6.88. The first-order chi connectivity index (χ1) is 8.92. The minimum atomic E-state index is 0.288. The third-order valence-electron chi connectivity index (χ3n) is 3.51. The average molecular weight is 249 g/mol. The average Bonchev–Trinajstić information content (AvgIpc) is 2.46. The van der Waals surface area contributed by atoms with Crippen LogP contribution in [0.25, 0.3) is 0 Å². The molecule has 2 N–H and O–H groups in total. The molecule has 1 saturated heterocycles. The second-order valence-corrected chi connectivity index (χ2v) is 4.78. The standard InChI is InChI=1S/C14H23N3O/c18-12-4-2-6-14(13-5-1-3-7-16-13)17-10-8-15-9-11-17/h1,3,5,7,14-15,18H,2,4,6,8-12H2. The fourth-order valence-electron chi connectivity index (χ4n) is 2.53. The van der Waals surface area contributed by atoms with Gasteiger partial charge in [0.25, 0.3) is 0 Å². The number of nitrogens with one attached hydrogen (secondary N) is 1. The van der Waals surface area contributed by atoms with E-state index in [9.17, 15) is 0 Å². The maximum Gasteiger partial charge on any atom is 0.0575 e. The summed E-state index contributed by atoms with van der Waals surface area (Å²) in [5, 5.41) is 12.3. The summed E-state index contributed by atoms with van der Waals surface area (Å²) in [4.78, 5) is 7.02. The van der Waals surface area contributed by atoms with Crippen molar-refractivity contribution in [2.24, 2.45) is 0 Å². The van der Waals surface area contributed by atoms with E-state index in [1.54, 1.807) is 0 Å². The van der Waals surface area contributed by atoms with E-state index in [1.165, 1.54) is 0 Å². The molecule has 0 aliphatic carbocycles. The number of unbranched alkanes of at least 4 members (excludes halogenated alkanes) is 1. The predicted octanol–water partition coefficient (Wildman–Crippen LogP) is 1.19. The van der Waals surface area contributed by atoms with Crippen LogP contribution >= 0.6 is 0 Å². The first kappa shape index (κ1) is 13.5. The number of nitrogens with zero attached hydrogens (tertiary/aromatic N) is 2. The molecule has 1 aromatic heterocycles. The van der Waals surface area contributed by atoms with Crippen molar-refractivity contribution in [3.63, 3.8) is 0 Å². The highest BCUT2D eigenvalue weighted by molar-refractivity contribution is 5.09. The fourth-order valence-corrected chi connectivity index (χ4v) is 2.53. The van der Waals surface area contributed by atoms with Crippen LogP contribution in [0.5, 0.6) is 0 Å². The maximum atomic E-state index is 8.92. The number of hydrogen-bond donors (Lipinski definition) is 2. The molecule has 2 heterocycles. The lowest BCUT2D eigenvalue weighted by Crippen LogP contribution is -2.45. The fraction of sp³-hybridized carbons (Fsp3) is 0.643. The van der Waals surface area contributed by atoms with Crippen LogP contribution in [0.3, 0.4) is 0 Å². The van der Waals surface area contributed by atoms with Gasteiger partial charge in [0.05, 0.1) is 11.7 Å². The van der Waals surface area contributed by atoms with E-state index >= 15 is 0 Å². The van der Waals surface area contributed by atoms with Gasteiger partial charge < -0.3 is 10.4 Å². The van der Waals surface area contributed by atoms with Gasteiger partial charge in [-0.15, -0.1) is 0 Å². The number of pyridine rings is 1. The molecule has 2 rings (SSSR count). The molecule has 0 spiro atoms. The van der Waals surface area contributed by atoms with E-state index in [2.05, 4.69) is 27.3 Å². The second-order valence-electron chi connectivity index (χ2n) is 4.78. The Morgan fingerprint density at radius 3 is 2.78 bits per heavy atom. The molecule has 1 fully saturated rings. The highest BCUT2D eigenvalue weighted by Crippen LogP contribution is 2.24. The van der Waals surface area contributed by atoms with E-state index in [0.717, 1.165) is 51.1 Å². The lowest BCUT2D eigenvalue weighted by atomic mass is 10.0. The molecular formula is C14H23N3O. The van der Waals surface area contributed by atoms with Gasteiger partial charge in [-0.3, -0.25) is 9.88 Å². The van der Waals surface area contributed by atoms with Gasteiger partial charge in [-0.2, -0.15) is 0 Å². The van der Waals surface area contributed by atoms with Crippen molar-refractivity contribution >= 4 is 0 Å². The highest BCUT2D eigenvalue weighted by atomic mass is 16.2. The third-order valence-corrected chi connectivity index (χ3v) is 3.51. The van der Waals surface area contributed by atoms with Crippen LogP contribution < -0.4 is 5.32 Å². The minimum Gasteiger partial charge on any atom is -0.396 e. The van der Waals surface area contributed by atoms with E-state index in [1.807, 2.05) is 12.3 Å². The molecular weight excluding hydrogens is 226 g/mol. The van der Waals surface area contributed by atoms with E-state index < -0.39 is 0 Å². The van der Waals surface area contributed by atoms with E-state index in [4.69, 9.17) is 5.11 Å². The molecule has 0 aromatic carbocycles. The highest BCUT2D eigenvalue weighted by Gasteiger charge is 2.22. The number of aromatic nitrogens is 1. The third kappa shape index (κ3) is 3.77. The summed E-state index contributed by atoms with van der Waals surface area (Å²) in [6.45, 7) is 4.57. The Morgan fingerprint density at radius 2 is 2.11 bits per heavy atom. The van der Waals surface area contributed by atoms with Crippen LogP contribution in [0.2, 0.25) is 0 Å². The second kappa shape index (κ2) is 7.46. The lowest BCUT2D eigenvalue weighted by Gasteiger charge is -2.34. The SMILES string of the molecule is OCCCCC(c1ccccn1)N1CCNCC1. The van der Waals surface area contributed by atoms with Crippen LogP contribution in [-0.2, 0) is 0 Å². The Bertz CT molecular complexity index is 325. The molecule has 0 bridgehead atoms. The molecule has 1 atom stereocenters. The van der Waals surface area contributed by atoms with Crippen molar-refractivity contribution in [2.45, 2.75) is 25.3 Å². The van der Waals surface area contributed by atoms with Crippen molar-refractivity contribution in [1.29, 1.82) is 0 Å². The summed E-state index contributed by atoms with van der Waals surface area (Å²) in [5.74, 6) is 0. The lowest BCUT2D eigenvalue weighted by molar-refractivity contribution is 0.157. The summed E-state index contributed by atoms with van der Waals surface area (Å²) in [7, 11) is 0. The van der Waals surface area contributed by atoms with Crippen molar-refractivity contribution in [3.8, 4) is 0 Å². The van der Waals surface area contributed by atoms with Crippen LogP contribution in [0, 0.1) is 0 Å². The largest absolute Gasteiger partial charge is 0.396 e. The van der Waals surface area contributed by atoms with Crippen LogP contribution in [0.4, 0.5) is 0 Å². The van der Waals surface area contributed by atoms with Gasteiger partial charge in [-0.1, -0.05) is 6.07 Å². The van der Waals surface area contributed by atoms with E-state index in [0.29, 0.717) is 6.04 Å². The molecule has 4 heteroatoms. The predicted molar refractivity (Wildman–Crippen MR) is 72.4 cm³/mol. The number of aliphatic hydroxyl groups is 1. The van der Waals surface area contributed by atoms with Gasteiger partial charge in [-0.05, 0) is 31.4 Å². The first-order valence-electron chi connectivity index (χ1n) is 6.88. The van der Waals surface area contributed by atoms with Gasteiger partial charge in [0, 0.05) is 39.0 Å². The molecule has 4 nitrogen and oxygen atoms in total. The zero-order valence-electron chi connectivity index (χ0n) is 10.9.